The van der Waals surface area contributed by atoms with Crippen LogP contribution in [0.25, 0.3) is 5.69 Å². The highest BCUT2D eigenvalue weighted by molar-refractivity contribution is 6.30. The molecule has 0 spiro atoms. The number of nitrogens with zero attached hydrogens (tertiary/aromatic N) is 3. The number of amides is 1. The first-order valence-corrected chi connectivity index (χ1v) is 8.12. The highest BCUT2D eigenvalue weighted by Crippen LogP contribution is 2.34. The topological polar surface area (TPSA) is 90.1 Å². The van der Waals surface area contributed by atoms with Crippen LogP contribution in [-0.4, -0.2) is 20.6 Å². The number of rotatable bonds is 4. The van der Waals surface area contributed by atoms with Crippen molar-refractivity contribution in [1.82, 2.24) is 9.78 Å². The second-order valence-electron chi connectivity index (χ2n) is 5.67. The molecule has 1 amide bonds. The fourth-order valence-corrected chi connectivity index (χ4v) is 2.60. The second kappa shape index (κ2) is 7.51. The van der Waals surface area contributed by atoms with Gasteiger partial charge in [0.05, 0.1) is 28.1 Å². The number of hydrogen-bond donors (Lipinski definition) is 1. The molecule has 0 saturated heterocycles. The van der Waals surface area contributed by atoms with Gasteiger partial charge in [-0.25, -0.2) is 9.07 Å². The molecule has 0 unspecified atom stereocenters. The van der Waals surface area contributed by atoms with Crippen LogP contribution in [0.1, 0.15) is 16.1 Å². The first kappa shape index (κ1) is 20.3. The smallest absolute Gasteiger partial charge is 0.319 e. The number of alkyl halides is 3. The standard InChI is InChI=1S/C17H9ClF4N4O3/c18-9-1-3-10(4-2-9)25-15(17(20,21)22)12(8-23-25)16(27)24-14-7-11(26(28)29)5-6-13(14)19/h1-8H,(H,24,27). The van der Waals surface area contributed by atoms with E-state index in [1.165, 1.54) is 24.3 Å². The summed E-state index contributed by atoms with van der Waals surface area (Å²) in [6.45, 7) is 0. The van der Waals surface area contributed by atoms with Gasteiger partial charge in [0.2, 0.25) is 0 Å². The Morgan fingerprint density at radius 1 is 1.17 bits per heavy atom. The molecule has 1 aromatic heterocycles. The van der Waals surface area contributed by atoms with E-state index in [1.807, 2.05) is 5.32 Å². The number of non-ortho nitro benzene ring substituents is 1. The maximum absolute atomic E-state index is 13.9. The molecule has 150 valence electrons. The van der Waals surface area contributed by atoms with E-state index in [0.717, 1.165) is 12.1 Å². The van der Waals surface area contributed by atoms with E-state index in [9.17, 15) is 32.5 Å². The number of aromatic nitrogens is 2. The molecule has 1 N–H and O–H groups in total. The molecule has 0 bridgehead atoms. The first-order valence-electron chi connectivity index (χ1n) is 7.74. The lowest BCUT2D eigenvalue weighted by Crippen LogP contribution is -2.21. The molecule has 29 heavy (non-hydrogen) atoms. The van der Waals surface area contributed by atoms with Gasteiger partial charge in [-0.2, -0.15) is 18.3 Å². The molecule has 2 aromatic carbocycles. The Balaban J connectivity index is 2.03. The number of hydrogen-bond acceptors (Lipinski definition) is 4. The van der Waals surface area contributed by atoms with Crippen molar-refractivity contribution in [3.05, 3.63) is 80.9 Å². The van der Waals surface area contributed by atoms with Crippen molar-refractivity contribution in [3.8, 4) is 5.69 Å². The number of nitro benzene ring substituents is 1. The minimum Gasteiger partial charge on any atom is -0.319 e. The number of nitrogens with one attached hydrogen (secondary N) is 1. The lowest BCUT2D eigenvalue weighted by molar-refractivity contribution is -0.384. The van der Waals surface area contributed by atoms with Crippen molar-refractivity contribution in [2.75, 3.05) is 5.32 Å². The van der Waals surface area contributed by atoms with E-state index in [4.69, 9.17) is 11.6 Å². The molecule has 0 aliphatic rings. The molecule has 0 aliphatic carbocycles. The lowest BCUT2D eigenvalue weighted by atomic mass is 10.2. The van der Waals surface area contributed by atoms with Crippen molar-refractivity contribution in [2.24, 2.45) is 0 Å². The summed E-state index contributed by atoms with van der Waals surface area (Å²) in [4.78, 5) is 22.3. The number of halogens is 5. The molecule has 0 aliphatic heterocycles. The quantitative estimate of drug-likeness (QED) is 0.365. The third-order valence-electron chi connectivity index (χ3n) is 3.76. The number of benzene rings is 2. The highest BCUT2D eigenvalue weighted by Gasteiger charge is 2.40. The zero-order valence-corrected chi connectivity index (χ0v) is 14.8. The minimum absolute atomic E-state index is 0.0118. The van der Waals surface area contributed by atoms with E-state index < -0.39 is 45.5 Å². The molecular formula is C17H9ClF4N4O3. The molecular weight excluding hydrogens is 420 g/mol. The summed E-state index contributed by atoms with van der Waals surface area (Å²) in [5.74, 6) is -2.39. The SMILES string of the molecule is O=C(Nc1cc([N+](=O)[O-])ccc1F)c1cnn(-c2ccc(Cl)cc2)c1C(F)(F)F. The monoisotopic (exact) mass is 428 g/mol. The van der Waals surface area contributed by atoms with Gasteiger partial charge in [-0.05, 0) is 30.3 Å². The van der Waals surface area contributed by atoms with Gasteiger partial charge in [0.1, 0.15) is 5.82 Å². The zero-order valence-electron chi connectivity index (χ0n) is 14.1. The van der Waals surface area contributed by atoms with Crippen LogP contribution >= 0.6 is 11.6 Å². The second-order valence-corrected chi connectivity index (χ2v) is 6.10. The Hall–Kier alpha value is -3.47. The Kier molecular flexibility index (Phi) is 5.25. The van der Waals surface area contributed by atoms with Gasteiger partial charge in [-0.15, -0.1) is 0 Å². The van der Waals surface area contributed by atoms with Gasteiger partial charge in [0.15, 0.2) is 5.69 Å². The van der Waals surface area contributed by atoms with Gasteiger partial charge in [0, 0.05) is 17.2 Å². The highest BCUT2D eigenvalue weighted by atomic mass is 35.5. The van der Waals surface area contributed by atoms with Crippen LogP contribution in [0.3, 0.4) is 0 Å². The van der Waals surface area contributed by atoms with Crippen molar-refractivity contribution in [3.63, 3.8) is 0 Å². The van der Waals surface area contributed by atoms with Crippen LogP contribution in [0.4, 0.5) is 28.9 Å². The molecule has 0 fully saturated rings. The summed E-state index contributed by atoms with van der Waals surface area (Å²) in [5, 5.41) is 16.6. The number of carbonyl (C=O) groups is 1. The van der Waals surface area contributed by atoms with Gasteiger partial charge < -0.3 is 5.32 Å². The Morgan fingerprint density at radius 3 is 2.41 bits per heavy atom. The van der Waals surface area contributed by atoms with Crippen molar-refractivity contribution in [2.45, 2.75) is 6.18 Å². The Bertz CT molecular complexity index is 1100. The average molecular weight is 429 g/mol. The molecule has 0 radical (unpaired) electrons. The van der Waals surface area contributed by atoms with Crippen LogP contribution in [-0.2, 0) is 6.18 Å². The largest absolute Gasteiger partial charge is 0.434 e. The molecule has 1 heterocycles. The third kappa shape index (κ3) is 4.19. The van der Waals surface area contributed by atoms with Crippen LogP contribution in [0.2, 0.25) is 5.02 Å². The summed E-state index contributed by atoms with van der Waals surface area (Å²) in [7, 11) is 0. The number of carbonyl (C=O) groups excluding carboxylic acids is 1. The van der Waals surface area contributed by atoms with E-state index >= 15 is 0 Å². The van der Waals surface area contributed by atoms with E-state index in [2.05, 4.69) is 5.10 Å². The summed E-state index contributed by atoms with van der Waals surface area (Å²) >= 11 is 5.73. The maximum Gasteiger partial charge on any atom is 0.434 e. The van der Waals surface area contributed by atoms with E-state index in [0.29, 0.717) is 16.9 Å². The van der Waals surface area contributed by atoms with Crippen LogP contribution in [0, 0.1) is 15.9 Å². The van der Waals surface area contributed by atoms with Crippen LogP contribution in [0.5, 0.6) is 0 Å². The first-order chi connectivity index (χ1) is 13.6. The Labute approximate surface area is 164 Å². The fourth-order valence-electron chi connectivity index (χ4n) is 2.48. The van der Waals surface area contributed by atoms with Crippen molar-refractivity contribution >= 4 is 28.9 Å². The van der Waals surface area contributed by atoms with Crippen molar-refractivity contribution < 1.29 is 27.3 Å². The van der Waals surface area contributed by atoms with Crippen LogP contribution in [0.15, 0.2) is 48.7 Å². The average Bonchev–Trinajstić information content (AvgIpc) is 3.09. The minimum atomic E-state index is -4.98. The summed E-state index contributed by atoms with van der Waals surface area (Å²) in [6, 6.07) is 7.50. The summed E-state index contributed by atoms with van der Waals surface area (Å²) < 4.78 is 55.2. The predicted octanol–water partition coefficient (Wildman–Crippen LogP) is 4.84. The molecule has 3 aromatic rings. The fraction of sp³-hybridized carbons (Fsp3) is 0.0588. The number of nitro groups is 1. The molecule has 7 nitrogen and oxygen atoms in total. The Morgan fingerprint density at radius 2 is 1.83 bits per heavy atom. The van der Waals surface area contributed by atoms with E-state index in [1.54, 1.807) is 0 Å². The molecule has 0 atom stereocenters. The maximum atomic E-state index is 13.9. The molecule has 3 rings (SSSR count). The zero-order chi connectivity index (χ0) is 21.3. The van der Waals surface area contributed by atoms with Crippen molar-refractivity contribution in [1.29, 1.82) is 0 Å². The van der Waals surface area contributed by atoms with Gasteiger partial charge in [0.25, 0.3) is 11.6 Å². The third-order valence-corrected chi connectivity index (χ3v) is 4.01. The van der Waals surface area contributed by atoms with Gasteiger partial charge >= 0.3 is 6.18 Å². The normalized spacial score (nSPS) is 11.3. The van der Waals surface area contributed by atoms with E-state index in [-0.39, 0.29) is 10.7 Å². The predicted molar refractivity (Wildman–Crippen MR) is 94.6 cm³/mol. The summed E-state index contributed by atoms with van der Waals surface area (Å²) in [6.07, 6.45) is -4.31. The summed E-state index contributed by atoms with van der Waals surface area (Å²) in [5.41, 5.74) is -3.49. The van der Waals surface area contributed by atoms with Gasteiger partial charge in [-0.3, -0.25) is 14.9 Å². The number of anilines is 1. The molecule has 12 heteroatoms. The van der Waals surface area contributed by atoms with Gasteiger partial charge in [-0.1, -0.05) is 11.6 Å². The van der Waals surface area contributed by atoms with Crippen LogP contribution < -0.4 is 5.32 Å². The lowest BCUT2D eigenvalue weighted by Gasteiger charge is -2.13. The molecule has 0 saturated carbocycles.